The number of nitrogen functional groups attached to an aromatic ring is 1. The number of aliphatic carboxylic acids is 1. The number of hydrogen-bond donors (Lipinski definition) is 4. The molecule has 0 saturated carbocycles. The predicted octanol–water partition coefficient (Wildman–Crippen LogP) is -1.05. The maximum absolute atomic E-state index is 12.7. The molecule has 14 heteroatoms. The number of oxime groups is 1. The minimum Gasteiger partial charge on any atom is -0.477 e. The highest BCUT2D eigenvalue weighted by Gasteiger charge is 2.54. The number of nitrogens with one attached hydrogen (secondary N) is 1. The van der Waals surface area contributed by atoms with Gasteiger partial charge < -0.3 is 26.7 Å². The van der Waals surface area contributed by atoms with Gasteiger partial charge in [-0.3, -0.25) is 14.5 Å². The first kappa shape index (κ1) is 21.0. The van der Waals surface area contributed by atoms with E-state index >= 15 is 0 Å². The van der Waals surface area contributed by atoms with Crippen LogP contribution < -0.4 is 16.8 Å². The van der Waals surface area contributed by atoms with Crippen molar-refractivity contribution in [2.24, 2.45) is 10.9 Å². The molecule has 6 N–H and O–H groups in total. The van der Waals surface area contributed by atoms with Crippen LogP contribution in [0.2, 0.25) is 0 Å². The Balaban J connectivity index is 1.75. The number of nitrogens with zero attached hydrogens (tertiary/aromatic N) is 4. The molecule has 2 amide bonds. The third-order valence-electron chi connectivity index (χ3n) is 4.11. The van der Waals surface area contributed by atoms with Crippen molar-refractivity contribution in [1.82, 2.24) is 19.6 Å². The van der Waals surface area contributed by atoms with Crippen LogP contribution in [0.3, 0.4) is 0 Å². The van der Waals surface area contributed by atoms with Crippen molar-refractivity contribution >= 4 is 51.9 Å². The molecule has 1 aromatic rings. The highest BCUT2D eigenvalue weighted by atomic mass is 32.2. The van der Waals surface area contributed by atoms with Gasteiger partial charge in [0.15, 0.2) is 5.13 Å². The summed E-state index contributed by atoms with van der Waals surface area (Å²) in [6.07, 6.45) is 0.531. The number of amides is 2. The first-order valence-corrected chi connectivity index (χ1v) is 10.4. The van der Waals surface area contributed by atoms with E-state index in [1.807, 2.05) is 0 Å². The van der Waals surface area contributed by atoms with Crippen LogP contribution in [0.25, 0.3) is 0 Å². The summed E-state index contributed by atoms with van der Waals surface area (Å²) in [5, 5.41) is 15.3. The van der Waals surface area contributed by atoms with E-state index in [1.165, 1.54) is 16.7 Å². The van der Waals surface area contributed by atoms with Gasteiger partial charge in [0.05, 0.1) is 0 Å². The van der Waals surface area contributed by atoms with E-state index in [-0.39, 0.29) is 29.0 Å². The first-order valence-electron chi connectivity index (χ1n) is 8.53. The third-order valence-corrected chi connectivity index (χ3v) is 6.08. The molecule has 0 aromatic carbocycles. The summed E-state index contributed by atoms with van der Waals surface area (Å²) in [7, 11) is 0. The summed E-state index contributed by atoms with van der Waals surface area (Å²) in [4.78, 5) is 47.0. The number of anilines is 1. The van der Waals surface area contributed by atoms with E-state index in [4.69, 9.17) is 16.3 Å². The van der Waals surface area contributed by atoms with Crippen molar-refractivity contribution in [3.8, 4) is 0 Å². The SMILES string of the molecule is CC1=C(C(=O)O)N2C(=O)C(NC(=O)C(=NOCCCN)c3nsc(N)n3)[C@@H]2SC1. The Morgan fingerprint density at radius 1 is 1.48 bits per heavy atom. The van der Waals surface area contributed by atoms with Gasteiger partial charge in [0.1, 0.15) is 23.7 Å². The Bertz CT molecular complexity index is 899. The summed E-state index contributed by atoms with van der Waals surface area (Å²) in [6, 6.07) is -0.903. The quantitative estimate of drug-likeness (QED) is 0.168. The van der Waals surface area contributed by atoms with Crippen LogP contribution in [0.5, 0.6) is 0 Å². The molecule has 2 aliphatic heterocycles. The van der Waals surface area contributed by atoms with Crippen molar-refractivity contribution in [3.05, 3.63) is 17.1 Å². The fourth-order valence-corrected chi connectivity index (χ4v) is 4.49. The van der Waals surface area contributed by atoms with Crippen LogP contribution in [0.15, 0.2) is 16.4 Å². The minimum absolute atomic E-state index is 0.0281. The fraction of sp³-hybridized carbons (Fsp3) is 0.467. The third kappa shape index (κ3) is 4.18. The number of carboxylic acid groups (broad SMARTS) is 1. The number of carbonyl (C=O) groups excluding carboxylic acids is 2. The zero-order valence-electron chi connectivity index (χ0n) is 15.3. The maximum Gasteiger partial charge on any atom is 0.352 e. The molecule has 3 rings (SSSR count). The van der Waals surface area contributed by atoms with E-state index in [2.05, 4.69) is 19.8 Å². The topological polar surface area (TPSA) is 186 Å². The fourth-order valence-electron chi connectivity index (χ4n) is 2.76. The molecule has 0 spiro atoms. The molecule has 1 unspecified atom stereocenters. The lowest BCUT2D eigenvalue weighted by Crippen LogP contribution is -2.71. The van der Waals surface area contributed by atoms with E-state index in [0.717, 1.165) is 11.5 Å². The molecule has 0 radical (unpaired) electrons. The van der Waals surface area contributed by atoms with Crippen molar-refractivity contribution < 1.29 is 24.3 Å². The van der Waals surface area contributed by atoms with Crippen LogP contribution in [-0.2, 0) is 19.2 Å². The highest BCUT2D eigenvalue weighted by molar-refractivity contribution is 8.00. The van der Waals surface area contributed by atoms with Gasteiger partial charge in [-0.1, -0.05) is 5.16 Å². The van der Waals surface area contributed by atoms with E-state index in [1.54, 1.807) is 6.92 Å². The number of nitrogens with two attached hydrogens (primary N) is 2. The molecule has 3 heterocycles. The predicted molar refractivity (Wildman–Crippen MR) is 106 cm³/mol. The molecule has 0 aliphatic carbocycles. The molecule has 1 aromatic heterocycles. The number of β-lactam (4-membered cyclic amide) rings is 1. The normalized spacial score (nSPS) is 21.5. The van der Waals surface area contributed by atoms with Gasteiger partial charge in [0.25, 0.3) is 11.8 Å². The Morgan fingerprint density at radius 3 is 2.86 bits per heavy atom. The number of aromatic nitrogens is 2. The van der Waals surface area contributed by atoms with Crippen molar-refractivity contribution in [3.63, 3.8) is 0 Å². The molecular weight excluding hydrogens is 422 g/mol. The Kier molecular flexibility index (Phi) is 6.34. The molecule has 0 bridgehead atoms. The van der Waals surface area contributed by atoms with Crippen LogP contribution in [0.4, 0.5) is 5.13 Å². The van der Waals surface area contributed by atoms with Crippen LogP contribution in [-0.4, -0.2) is 73.2 Å². The number of carboxylic acids is 1. The lowest BCUT2D eigenvalue weighted by atomic mass is 10.0. The Morgan fingerprint density at radius 2 is 2.24 bits per heavy atom. The van der Waals surface area contributed by atoms with Crippen LogP contribution in [0.1, 0.15) is 19.2 Å². The average Bonchev–Trinajstić information content (AvgIpc) is 3.11. The molecule has 156 valence electrons. The summed E-state index contributed by atoms with van der Waals surface area (Å²) < 4.78 is 3.96. The standard InChI is InChI=1S/C15H19N7O5S2/c1-6-5-28-13-8(12(24)22(13)9(6)14(25)26)18-11(23)7(20-27-4-2-3-16)10-19-15(17)29-21-10/h8,13H,2-5,16H2,1H3,(H,18,23)(H,25,26)(H2,17,19,21)/t8?,13-/m0/s1. The van der Waals surface area contributed by atoms with Gasteiger partial charge >= 0.3 is 5.97 Å². The average molecular weight is 441 g/mol. The molecule has 1 fully saturated rings. The Labute approximate surface area is 173 Å². The lowest BCUT2D eigenvalue weighted by molar-refractivity contribution is -0.150. The molecule has 1 saturated heterocycles. The first-order chi connectivity index (χ1) is 13.8. The van der Waals surface area contributed by atoms with Crippen molar-refractivity contribution in [2.45, 2.75) is 24.8 Å². The van der Waals surface area contributed by atoms with Crippen LogP contribution in [0, 0.1) is 0 Å². The second-order valence-corrected chi connectivity index (χ2v) is 8.06. The van der Waals surface area contributed by atoms with Crippen molar-refractivity contribution in [2.75, 3.05) is 24.6 Å². The lowest BCUT2D eigenvalue weighted by Gasteiger charge is -2.49. The van der Waals surface area contributed by atoms with Gasteiger partial charge in [0, 0.05) is 17.3 Å². The van der Waals surface area contributed by atoms with Gasteiger partial charge in [-0.25, -0.2) is 4.79 Å². The molecule has 2 atom stereocenters. The molecule has 29 heavy (non-hydrogen) atoms. The zero-order chi connectivity index (χ0) is 21.1. The summed E-state index contributed by atoms with van der Waals surface area (Å²) in [5.41, 5.74) is 11.3. The maximum atomic E-state index is 12.7. The number of thioether (sulfide) groups is 1. The number of fused-ring (bicyclic) bond motifs is 1. The van der Waals surface area contributed by atoms with E-state index in [9.17, 15) is 19.5 Å². The minimum atomic E-state index is -1.18. The number of hydrogen-bond acceptors (Lipinski definition) is 11. The smallest absolute Gasteiger partial charge is 0.352 e. The number of carbonyl (C=O) groups is 3. The van der Waals surface area contributed by atoms with Crippen LogP contribution >= 0.6 is 23.3 Å². The highest BCUT2D eigenvalue weighted by Crippen LogP contribution is 2.40. The second kappa shape index (κ2) is 8.75. The van der Waals surface area contributed by atoms with Gasteiger partial charge in [-0.15, -0.1) is 11.8 Å². The largest absolute Gasteiger partial charge is 0.477 e. The molecule has 2 aliphatic rings. The monoisotopic (exact) mass is 441 g/mol. The summed E-state index contributed by atoms with van der Waals surface area (Å²) in [5.74, 6) is -2.00. The van der Waals surface area contributed by atoms with E-state index in [0.29, 0.717) is 24.3 Å². The van der Waals surface area contributed by atoms with Gasteiger partial charge in [0.2, 0.25) is 11.5 Å². The summed E-state index contributed by atoms with van der Waals surface area (Å²) >= 11 is 2.25. The Hall–Kier alpha value is -2.71. The second-order valence-electron chi connectivity index (χ2n) is 6.17. The van der Waals surface area contributed by atoms with Gasteiger partial charge in [-0.05, 0) is 25.5 Å². The number of rotatable bonds is 8. The van der Waals surface area contributed by atoms with Crippen molar-refractivity contribution in [1.29, 1.82) is 0 Å². The summed E-state index contributed by atoms with van der Waals surface area (Å²) in [6.45, 7) is 2.24. The van der Waals surface area contributed by atoms with E-state index < -0.39 is 29.2 Å². The van der Waals surface area contributed by atoms with Gasteiger partial charge in [-0.2, -0.15) is 9.36 Å². The zero-order valence-corrected chi connectivity index (χ0v) is 17.0. The molecule has 12 nitrogen and oxygen atoms in total. The molecular formula is C15H19N7O5S2.